The third-order valence-corrected chi connectivity index (χ3v) is 6.89. The fourth-order valence-corrected chi connectivity index (χ4v) is 4.99. The van der Waals surface area contributed by atoms with E-state index < -0.39 is 27.6 Å². The molecule has 30 heavy (non-hydrogen) atoms. The van der Waals surface area contributed by atoms with E-state index in [0.717, 1.165) is 43.9 Å². The molecule has 0 radical (unpaired) electrons. The molecule has 0 spiro atoms. The Balaban J connectivity index is 1.83. The minimum atomic E-state index is -3.75. The Kier molecular flexibility index (Phi) is 7.04. The number of sulfonamides is 1. The fraction of sp³-hybridized carbons (Fsp3) is 0.381. The van der Waals surface area contributed by atoms with Crippen molar-refractivity contribution in [2.75, 3.05) is 20.2 Å². The molecule has 1 aliphatic rings. The topological polar surface area (TPSA) is 75.7 Å². The van der Waals surface area contributed by atoms with E-state index in [1.807, 2.05) is 0 Å². The van der Waals surface area contributed by atoms with Gasteiger partial charge in [0.05, 0.1) is 17.6 Å². The number of hydrogen-bond donors (Lipinski definition) is 1. The molecule has 9 heteroatoms. The second-order valence-electron chi connectivity index (χ2n) is 7.14. The highest BCUT2D eigenvalue weighted by atomic mass is 32.2. The van der Waals surface area contributed by atoms with Gasteiger partial charge in [-0.05, 0) is 48.7 Å². The van der Waals surface area contributed by atoms with Gasteiger partial charge in [0.15, 0.2) is 0 Å². The van der Waals surface area contributed by atoms with Crippen molar-refractivity contribution in [2.24, 2.45) is 0 Å². The van der Waals surface area contributed by atoms with E-state index in [1.54, 1.807) is 0 Å². The van der Waals surface area contributed by atoms with Crippen molar-refractivity contribution in [3.8, 4) is 5.75 Å². The summed E-state index contributed by atoms with van der Waals surface area (Å²) in [5, 5.41) is 2.55. The lowest BCUT2D eigenvalue weighted by atomic mass is 10.1. The molecule has 2 aromatic carbocycles. The molecule has 2 aromatic rings. The number of methoxy groups -OCH3 is 1. The normalized spacial score (nSPS) is 15.4. The number of amides is 1. The number of carbonyl (C=O) groups is 1. The van der Waals surface area contributed by atoms with Crippen LogP contribution in [0, 0.1) is 11.6 Å². The molecule has 1 saturated heterocycles. The molecule has 0 aliphatic carbocycles. The predicted molar refractivity (Wildman–Crippen MR) is 108 cm³/mol. The van der Waals surface area contributed by atoms with E-state index in [0.29, 0.717) is 13.1 Å². The maximum absolute atomic E-state index is 13.3. The molecule has 1 aliphatic heterocycles. The number of nitrogens with zero attached hydrogens (tertiary/aromatic N) is 1. The van der Waals surface area contributed by atoms with E-state index in [2.05, 4.69) is 5.32 Å². The quantitative estimate of drug-likeness (QED) is 0.750. The van der Waals surface area contributed by atoms with Crippen molar-refractivity contribution >= 4 is 15.9 Å². The van der Waals surface area contributed by atoms with Crippen LogP contribution in [0.15, 0.2) is 41.3 Å². The van der Waals surface area contributed by atoms with Gasteiger partial charge < -0.3 is 10.1 Å². The molecular weight excluding hydrogens is 414 g/mol. The van der Waals surface area contributed by atoms with Crippen LogP contribution in [-0.4, -0.2) is 38.8 Å². The molecule has 0 atom stereocenters. The van der Waals surface area contributed by atoms with Crippen LogP contribution in [0.1, 0.15) is 41.6 Å². The monoisotopic (exact) mass is 438 g/mol. The first-order valence-electron chi connectivity index (χ1n) is 9.72. The second-order valence-corrected chi connectivity index (χ2v) is 9.08. The minimum Gasteiger partial charge on any atom is -0.496 e. The number of nitrogens with one attached hydrogen (secondary N) is 1. The van der Waals surface area contributed by atoms with E-state index in [9.17, 15) is 22.0 Å². The van der Waals surface area contributed by atoms with Gasteiger partial charge in [-0.25, -0.2) is 17.2 Å². The SMILES string of the molecule is COc1ccc(S(=O)(=O)N2CCCCCC2)cc1C(=O)NCc1cc(F)cc(F)c1. The Morgan fingerprint density at radius 1 is 1.03 bits per heavy atom. The highest BCUT2D eigenvalue weighted by Gasteiger charge is 2.27. The number of benzene rings is 2. The number of halogens is 2. The molecule has 1 N–H and O–H groups in total. The van der Waals surface area contributed by atoms with Crippen LogP contribution in [0.4, 0.5) is 8.78 Å². The Morgan fingerprint density at radius 2 is 1.67 bits per heavy atom. The van der Waals surface area contributed by atoms with E-state index in [4.69, 9.17) is 4.74 Å². The van der Waals surface area contributed by atoms with Gasteiger partial charge >= 0.3 is 0 Å². The van der Waals surface area contributed by atoms with Crippen molar-refractivity contribution in [1.29, 1.82) is 0 Å². The molecule has 3 rings (SSSR count). The van der Waals surface area contributed by atoms with Gasteiger partial charge in [0.25, 0.3) is 5.91 Å². The summed E-state index contributed by atoms with van der Waals surface area (Å²) in [7, 11) is -2.37. The first kappa shape index (κ1) is 22.2. The lowest BCUT2D eigenvalue weighted by Gasteiger charge is -2.20. The molecule has 0 saturated carbocycles. The van der Waals surface area contributed by atoms with Crippen LogP contribution in [0.5, 0.6) is 5.75 Å². The molecule has 162 valence electrons. The highest BCUT2D eigenvalue weighted by Crippen LogP contribution is 2.26. The number of hydrogen-bond acceptors (Lipinski definition) is 4. The molecule has 1 heterocycles. The summed E-state index contributed by atoms with van der Waals surface area (Å²) in [5.74, 6) is -1.90. The third-order valence-electron chi connectivity index (χ3n) is 4.99. The summed E-state index contributed by atoms with van der Waals surface area (Å²) >= 11 is 0. The van der Waals surface area contributed by atoms with Gasteiger partial charge in [0.2, 0.25) is 10.0 Å². The molecule has 1 amide bonds. The van der Waals surface area contributed by atoms with E-state index in [-0.39, 0.29) is 28.3 Å². The lowest BCUT2D eigenvalue weighted by molar-refractivity contribution is 0.0947. The summed E-state index contributed by atoms with van der Waals surface area (Å²) in [6.45, 7) is 0.766. The Hall–Kier alpha value is -2.52. The fourth-order valence-electron chi connectivity index (χ4n) is 3.45. The summed E-state index contributed by atoms with van der Waals surface area (Å²) in [6.07, 6.45) is 3.58. The average Bonchev–Trinajstić information content (AvgIpc) is 3.01. The number of ether oxygens (including phenoxy) is 1. The first-order chi connectivity index (χ1) is 14.3. The first-order valence-corrected chi connectivity index (χ1v) is 11.2. The Morgan fingerprint density at radius 3 is 2.27 bits per heavy atom. The maximum atomic E-state index is 13.3. The van der Waals surface area contributed by atoms with Crippen LogP contribution in [0.3, 0.4) is 0 Å². The molecule has 6 nitrogen and oxygen atoms in total. The Bertz CT molecular complexity index is 999. The van der Waals surface area contributed by atoms with Crippen LogP contribution >= 0.6 is 0 Å². The number of carbonyl (C=O) groups excluding carboxylic acids is 1. The smallest absolute Gasteiger partial charge is 0.255 e. The highest BCUT2D eigenvalue weighted by molar-refractivity contribution is 7.89. The van der Waals surface area contributed by atoms with E-state index >= 15 is 0 Å². The number of rotatable bonds is 6. The van der Waals surface area contributed by atoms with Crippen LogP contribution in [0.25, 0.3) is 0 Å². The molecule has 1 fully saturated rings. The van der Waals surface area contributed by atoms with Crippen molar-refractivity contribution in [3.05, 3.63) is 59.2 Å². The average molecular weight is 438 g/mol. The van der Waals surface area contributed by atoms with Gasteiger partial charge in [-0.3, -0.25) is 4.79 Å². The van der Waals surface area contributed by atoms with Crippen molar-refractivity contribution in [3.63, 3.8) is 0 Å². The summed E-state index contributed by atoms with van der Waals surface area (Å²) in [4.78, 5) is 12.7. The summed E-state index contributed by atoms with van der Waals surface area (Å²) in [6, 6.07) is 7.09. The zero-order chi connectivity index (χ0) is 21.7. The third kappa shape index (κ3) is 5.14. The largest absolute Gasteiger partial charge is 0.496 e. The standard InChI is InChI=1S/C21H24F2N2O4S/c1-29-20-7-6-18(30(27,28)25-8-4-2-3-5-9-25)13-19(20)21(26)24-14-15-10-16(22)12-17(23)11-15/h6-7,10-13H,2-5,8-9,14H2,1H3,(H,24,26). The predicted octanol–water partition coefficient (Wildman–Crippen LogP) is 3.47. The maximum Gasteiger partial charge on any atom is 0.255 e. The lowest BCUT2D eigenvalue weighted by Crippen LogP contribution is -2.32. The minimum absolute atomic E-state index is 0.00662. The summed E-state index contributed by atoms with van der Waals surface area (Å²) < 4.78 is 59.4. The van der Waals surface area contributed by atoms with Crippen molar-refractivity contribution in [2.45, 2.75) is 37.1 Å². The second kappa shape index (κ2) is 9.53. The van der Waals surface area contributed by atoms with Crippen LogP contribution in [-0.2, 0) is 16.6 Å². The zero-order valence-electron chi connectivity index (χ0n) is 16.7. The van der Waals surface area contributed by atoms with Gasteiger partial charge in [-0.1, -0.05) is 12.8 Å². The van der Waals surface area contributed by atoms with Crippen LogP contribution in [0.2, 0.25) is 0 Å². The van der Waals surface area contributed by atoms with Gasteiger partial charge in [-0.15, -0.1) is 0 Å². The van der Waals surface area contributed by atoms with E-state index in [1.165, 1.54) is 29.6 Å². The van der Waals surface area contributed by atoms with Gasteiger partial charge in [-0.2, -0.15) is 4.31 Å². The molecular formula is C21H24F2N2O4S. The molecule has 0 unspecified atom stereocenters. The summed E-state index contributed by atoms with van der Waals surface area (Å²) in [5.41, 5.74) is 0.276. The molecule has 0 aromatic heterocycles. The van der Waals surface area contributed by atoms with Gasteiger partial charge in [0, 0.05) is 25.7 Å². The van der Waals surface area contributed by atoms with Gasteiger partial charge in [0.1, 0.15) is 17.4 Å². The van der Waals surface area contributed by atoms with Crippen molar-refractivity contribution in [1.82, 2.24) is 9.62 Å². The Labute approximate surface area is 174 Å². The van der Waals surface area contributed by atoms with Crippen molar-refractivity contribution < 1.29 is 26.7 Å². The van der Waals surface area contributed by atoms with Crippen LogP contribution < -0.4 is 10.1 Å². The zero-order valence-corrected chi connectivity index (χ0v) is 17.5. The molecule has 0 bridgehead atoms.